The molecular weight excluding hydrogens is 323 g/mol. The minimum absolute atomic E-state index is 0.00667. The smallest absolute Gasteiger partial charge is 0.276 e. The highest BCUT2D eigenvalue weighted by atomic mass is 19.1. The van der Waals surface area contributed by atoms with Crippen molar-refractivity contribution >= 4 is 11.8 Å². The number of hydrogen-bond donors (Lipinski definition) is 2. The van der Waals surface area contributed by atoms with Crippen LogP contribution in [-0.2, 0) is 10.2 Å². The first-order chi connectivity index (χ1) is 11.8. The summed E-state index contributed by atoms with van der Waals surface area (Å²) in [6.45, 7) is 5.83. The fraction of sp³-hybridized carbons (Fsp3) is 0.263. The van der Waals surface area contributed by atoms with Gasteiger partial charge in [-0.2, -0.15) is 0 Å². The lowest BCUT2D eigenvalue weighted by Crippen LogP contribution is -2.43. The van der Waals surface area contributed by atoms with Gasteiger partial charge >= 0.3 is 0 Å². The van der Waals surface area contributed by atoms with Crippen LogP contribution in [0.15, 0.2) is 48.5 Å². The average Bonchev–Trinajstić information content (AvgIpc) is 2.58. The molecular formula is C19H21FN2O3. The van der Waals surface area contributed by atoms with Gasteiger partial charge in [0.05, 0.1) is 0 Å². The highest BCUT2D eigenvalue weighted by molar-refractivity contribution is 5.95. The summed E-state index contributed by atoms with van der Waals surface area (Å²) >= 11 is 0. The first kappa shape index (κ1) is 18.4. The first-order valence-electron chi connectivity index (χ1n) is 7.84. The summed E-state index contributed by atoms with van der Waals surface area (Å²) in [6, 6.07) is 12.9. The minimum Gasteiger partial charge on any atom is -0.481 e. The molecule has 2 amide bonds. The third-order valence-electron chi connectivity index (χ3n) is 3.52. The topological polar surface area (TPSA) is 67.4 Å². The molecule has 0 aliphatic carbocycles. The molecule has 2 aromatic rings. The number of ether oxygens (including phenoxy) is 1. The van der Waals surface area contributed by atoms with Crippen LogP contribution in [0.1, 0.15) is 36.7 Å². The number of halogens is 1. The van der Waals surface area contributed by atoms with Gasteiger partial charge < -0.3 is 4.74 Å². The van der Waals surface area contributed by atoms with Crippen LogP contribution in [0.3, 0.4) is 0 Å². The van der Waals surface area contributed by atoms with Crippen molar-refractivity contribution < 1.29 is 18.7 Å². The quantitative estimate of drug-likeness (QED) is 0.838. The van der Waals surface area contributed by atoms with E-state index in [0.717, 1.165) is 5.56 Å². The molecule has 0 fully saturated rings. The molecule has 2 aromatic carbocycles. The number of rotatable bonds is 4. The molecule has 0 saturated carbocycles. The average molecular weight is 344 g/mol. The third kappa shape index (κ3) is 5.31. The Morgan fingerprint density at radius 1 is 1.00 bits per heavy atom. The van der Waals surface area contributed by atoms with Crippen LogP contribution < -0.4 is 15.6 Å². The molecule has 0 spiro atoms. The van der Waals surface area contributed by atoms with Gasteiger partial charge in [-0.15, -0.1) is 0 Å². The molecule has 0 heterocycles. The van der Waals surface area contributed by atoms with Gasteiger partial charge in [-0.1, -0.05) is 45.0 Å². The molecule has 0 radical (unpaired) electrons. The number of carbonyl (C=O) groups is 2. The zero-order valence-electron chi connectivity index (χ0n) is 14.4. The molecule has 0 bridgehead atoms. The fourth-order valence-electron chi connectivity index (χ4n) is 2.06. The molecule has 0 atom stereocenters. The van der Waals surface area contributed by atoms with Crippen LogP contribution in [0.25, 0.3) is 0 Å². The Hall–Kier alpha value is -2.89. The first-order valence-corrected chi connectivity index (χ1v) is 7.84. The number of para-hydroxylation sites is 1. The van der Waals surface area contributed by atoms with Gasteiger partial charge in [-0.05, 0) is 35.2 Å². The van der Waals surface area contributed by atoms with Crippen LogP contribution in [0.2, 0.25) is 0 Å². The summed E-state index contributed by atoms with van der Waals surface area (Å²) in [5, 5.41) is 0. The van der Waals surface area contributed by atoms with E-state index in [1.54, 1.807) is 18.2 Å². The van der Waals surface area contributed by atoms with E-state index in [2.05, 4.69) is 31.6 Å². The van der Waals surface area contributed by atoms with Crippen LogP contribution in [-0.4, -0.2) is 18.4 Å². The summed E-state index contributed by atoms with van der Waals surface area (Å²) in [5.74, 6) is -1.62. The van der Waals surface area contributed by atoms with Crippen molar-refractivity contribution in [3.63, 3.8) is 0 Å². The highest BCUT2D eigenvalue weighted by Gasteiger charge is 2.14. The predicted molar refractivity (Wildman–Crippen MR) is 92.6 cm³/mol. The summed E-state index contributed by atoms with van der Waals surface area (Å²) in [4.78, 5) is 23.7. The van der Waals surface area contributed by atoms with Gasteiger partial charge in [-0.25, -0.2) is 4.39 Å². The van der Waals surface area contributed by atoms with Crippen LogP contribution in [0.5, 0.6) is 5.75 Å². The Labute approximate surface area is 146 Å². The Morgan fingerprint density at radius 3 is 2.24 bits per heavy atom. The molecule has 0 unspecified atom stereocenters. The second-order valence-corrected chi connectivity index (χ2v) is 6.55. The van der Waals surface area contributed by atoms with E-state index in [9.17, 15) is 14.0 Å². The van der Waals surface area contributed by atoms with E-state index >= 15 is 0 Å². The lowest BCUT2D eigenvalue weighted by Gasteiger charge is -2.19. The van der Waals surface area contributed by atoms with Gasteiger partial charge in [0.25, 0.3) is 11.8 Å². The largest absolute Gasteiger partial charge is 0.481 e. The lowest BCUT2D eigenvalue weighted by atomic mass is 9.87. The standard InChI is InChI=1S/C19H21FN2O3/c1-19(2,3)14-10-8-13(9-11-14)18(24)22-21-17(23)12-25-16-7-5-4-6-15(16)20/h4-11H,12H2,1-3H3,(H,21,23)(H,22,24). The van der Waals surface area contributed by atoms with Crippen molar-refractivity contribution in [2.75, 3.05) is 6.61 Å². The Bertz CT molecular complexity index is 752. The molecule has 6 heteroatoms. The number of hydrogen-bond acceptors (Lipinski definition) is 3. The maximum Gasteiger partial charge on any atom is 0.276 e. The maximum absolute atomic E-state index is 13.4. The van der Waals surface area contributed by atoms with Gasteiger partial charge in [0, 0.05) is 5.56 Å². The molecule has 2 rings (SSSR count). The molecule has 0 aliphatic rings. The Kier molecular flexibility index (Phi) is 5.75. The second kappa shape index (κ2) is 7.79. The van der Waals surface area contributed by atoms with E-state index in [0.29, 0.717) is 5.56 Å². The summed E-state index contributed by atoms with van der Waals surface area (Å²) < 4.78 is 18.4. The maximum atomic E-state index is 13.4. The number of benzene rings is 2. The van der Waals surface area contributed by atoms with Crippen molar-refractivity contribution in [1.82, 2.24) is 10.9 Å². The SMILES string of the molecule is CC(C)(C)c1ccc(C(=O)NNC(=O)COc2ccccc2F)cc1. The van der Waals surface area contributed by atoms with Crippen LogP contribution >= 0.6 is 0 Å². The lowest BCUT2D eigenvalue weighted by molar-refractivity contribution is -0.123. The monoisotopic (exact) mass is 344 g/mol. The number of amides is 2. The summed E-state index contributed by atoms with van der Waals surface area (Å²) in [6.07, 6.45) is 0. The molecule has 5 nitrogen and oxygen atoms in total. The van der Waals surface area contributed by atoms with Gasteiger partial charge in [0.15, 0.2) is 18.2 Å². The van der Waals surface area contributed by atoms with Gasteiger partial charge in [-0.3, -0.25) is 20.4 Å². The van der Waals surface area contributed by atoms with Gasteiger partial charge in [0.1, 0.15) is 0 Å². The van der Waals surface area contributed by atoms with Gasteiger partial charge in [0.2, 0.25) is 0 Å². The van der Waals surface area contributed by atoms with E-state index in [1.807, 2.05) is 12.1 Å². The van der Waals surface area contributed by atoms with Crippen molar-refractivity contribution in [2.24, 2.45) is 0 Å². The number of nitrogens with one attached hydrogen (secondary N) is 2. The summed E-state index contributed by atoms with van der Waals surface area (Å²) in [5.41, 5.74) is 6.04. The predicted octanol–water partition coefficient (Wildman–Crippen LogP) is 2.96. The second-order valence-electron chi connectivity index (χ2n) is 6.55. The van der Waals surface area contributed by atoms with Crippen LogP contribution in [0.4, 0.5) is 4.39 Å². The minimum atomic E-state index is -0.595. The Balaban J connectivity index is 1.83. The van der Waals surface area contributed by atoms with Crippen LogP contribution in [0, 0.1) is 5.82 Å². The molecule has 0 aromatic heterocycles. The fourth-order valence-corrected chi connectivity index (χ4v) is 2.06. The van der Waals surface area contributed by atoms with Crippen molar-refractivity contribution in [2.45, 2.75) is 26.2 Å². The molecule has 25 heavy (non-hydrogen) atoms. The highest BCUT2D eigenvalue weighted by Crippen LogP contribution is 2.22. The summed E-state index contributed by atoms with van der Waals surface area (Å²) in [7, 11) is 0. The van der Waals surface area contributed by atoms with Crippen molar-refractivity contribution in [3.8, 4) is 5.75 Å². The normalized spacial score (nSPS) is 10.9. The van der Waals surface area contributed by atoms with Crippen molar-refractivity contribution in [1.29, 1.82) is 0 Å². The number of carbonyl (C=O) groups excluding carboxylic acids is 2. The van der Waals surface area contributed by atoms with E-state index in [1.165, 1.54) is 18.2 Å². The molecule has 0 saturated heterocycles. The van der Waals surface area contributed by atoms with E-state index < -0.39 is 24.2 Å². The van der Waals surface area contributed by atoms with E-state index in [-0.39, 0.29) is 11.2 Å². The Morgan fingerprint density at radius 2 is 1.64 bits per heavy atom. The number of hydrazine groups is 1. The molecule has 132 valence electrons. The third-order valence-corrected chi connectivity index (χ3v) is 3.52. The molecule has 0 aliphatic heterocycles. The zero-order valence-corrected chi connectivity index (χ0v) is 14.4. The zero-order chi connectivity index (χ0) is 18.4. The molecule has 2 N–H and O–H groups in total. The van der Waals surface area contributed by atoms with E-state index in [4.69, 9.17) is 4.74 Å². The van der Waals surface area contributed by atoms with Crippen molar-refractivity contribution in [3.05, 3.63) is 65.5 Å².